The van der Waals surface area contributed by atoms with Crippen LogP contribution in [0.1, 0.15) is 50.9 Å². The highest BCUT2D eigenvalue weighted by Crippen LogP contribution is 2.41. The van der Waals surface area contributed by atoms with Crippen molar-refractivity contribution in [2.75, 3.05) is 0 Å². The van der Waals surface area contributed by atoms with Crippen LogP contribution in [0.5, 0.6) is 0 Å². The van der Waals surface area contributed by atoms with Crippen molar-refractivity contribution in [2.45, 2.75) is 51.7 Å². The smallest absolute Gasteiger partial charge is 0.384 e. The maximum absolute atomic E-state index is 16.9. The van der Waals surface area contributed by atoms with Crippen molar-refractivity contribution in [1.29, 1.82) is 0 Å². The largest absolute Gasteiger partial charge is 0.434 e. The molecule has 4 heterocycles. The van der Waals surface area contributed by atoms with Crippen LogP contribution in [-0.2, 0) is 12.2 Å². The number of imidazole rings is 1. The van der Waals surface area contributed by atoms with Gasteiger partial charge in [0, 0.05) is 24.5 Å². The van der Waals surface area contributed by atoms with Crippen molar-refractivity contribution < 1.29 is 17.6 Å². The fourth-order valence-corrected chi connectivity index (χ4v) is 5.74. The Bertz CT molecular complexity index is 1790. The third-order valence-corrected chi connectivity index (χ3v) is 7.85. The number of rotatable bonds is 6. The summed E-state index contributed by atoms with van der Waals surface area (Å²) in [6.07, 6.45) is 6.76. The summed E-state index contributed by atoms with van der Waals surface area (Å²) in [5, 5.41) is 6.30. The van der Waals surface area contributed by atoms with Crippen molar-refractivity contribution in [1.82, 2.24) is 34.7 Å². The number of nitrogens with one attached hydrogen (secondary N) is 1. The number of alkyl halides is 1. The van der Waals surface area contributed by atoms with Crippen LogP contribution in [0.4, 0.5) is 13.2 Å². The molecule has 1 saturated carbocycles. The predicted molar refractivity (Wildman–Crippen MR) is 145 cm³/mol. The normalized spacial score (nSPS) is 19.0. The van der Waals surface area contributed by atoms with Gasteiger partial charge in [0.15, 0.2) is 17.1 Å². The first-order valence-electron chi connectivity index (χ1n) is 13.2. The van der Waals surface area contributed by atoms with E-state index in [1.54, 1.807) is 10.6 Å². The van der Waals surface area contributed by atoms with Crippen LogP contribution in [-0.4, -0.2) is 34.7 Å². The zero-order valence-electron chi connectivity index (χ0n) is 22.2. The summed E-state index contributed by atoms with van der Waals surface area (Å²) in [7, 11) is 0. The van der Waals surface area contributed by atoms with Crippen LogP contribution in [0, 0.1) is 23.5 Å². The molecule has 1 fully saturated rings. The number of nitrogens with zero attached hydrogens (tertiary/aromatic N) is 6. The summed E-state index contributed by atoms with van der Waals surface area (Å²) >= 11 is 6.26. The number of pyridine rings is 1. The van der Waals surface area contributed by atoms with Crippen molar-refractivity contribution in [3.63, 3.8) is 0 Å². The van der Waals surface area contributed by atoms with E-state index in [0.29, 0.717) is 28.6 Å². The molecule has 9 nitrogen and oxygen atoms in total. The second kappa shape index (κ2) is 10.4. The maximum Gasteiger partial charge on any atom is 0.434 e. The first-order chi connectivity index (χ1) is 19.6. The SMILES string of the molecule is CC(F)(c1c(F)cccc1F)c1nc2nc(-c3n[nH]c(=O)o3)nc(-c3cncc(Cl)c3)c2n1C[C@H]1CC[C@H](C)CC1. The molecular formula is C28H25ClF3N7O2. The number of halogens is 4. The molecule has 1 N–H and O–H groups in total. The molecule has 5 aromatic rings. The molecule has 1 aliphatic rings. The molecule has 6 rings (SSSR count). The molecule has 1 unspecified atom stereocenters. The topological polar surface area (TPSA) is 115 Å². The lowest BCUT2D eigenvalue weighted by Crippen LogP contribution is -2.28. The Morgan fingerprint density at radius 2 is 1.85 bits per heavy atom. The van der Waals surface area contributed by atoms with Crippen molar-refractivity contribution in [2.24, 2.45) is 11.8 Å². The van der Waals surface area contributed by atoms with Gasteiger partial charge in [-0.05, 0) is 49.8 Å². The first kappa shape index (κ1) is 27.1. The average molecular weight is 584 g/mol. The number of hydrogen-bond acceptors (Lipinski definition) is 7. The van der Waals surface area contributed by atoms with Gasteiger partial charge in [0.1, 0.15) is 22.8 Å². The Morgan fingerprint density at radius 3 is 2.51 bits per heavy atom. The van der Waals surface area contributed by atoms with E-state index in [1.807, 2.05) is 0 Å². The molecule has 13 heteroatoms. The van der Waals surface area contributed by atoms with Crippen LogP contribution in [0.3, 0.4) is 0 Å². The van der Waals surface area contributed by atoms with Gasteiger partial charge in [-0.2, -0.15) is 0 Å². The quantitative estimate of drug-likeness (QED) is 0.252. The molecule has 0 radical (unpaired) electrons. The van der Waals surface area contributed by atoms with Gasteiger partial charge in [-0.3, -0.25) is 4.98 Å². The van der Waals surface area contributed by atoms with E-state index in [0.717, 1.165) is 44.7 Å². The minimum Gasteiger partial charge on any atom is -0.384 e. The molecular weight excluding hydrogens is 559 g/mol. The molecule has 1 aliphatic carbocycles. The zero-order chi connectivity index (χ0) is 28.9. The van der Waals surface area contributed by atoms with Gasteiger partial charge < -0.3 is 8.98 Å². The Labute approximate surface area is 236 Å². The van der Waals surface area contributed by atoms with E-state index in [4.69, 9.17) is 16.0 Å². The molecule has 0 saturated heterocycles. The standard InChI is InChI=1S/C28H25ClF3N7O2/c1-14-6-8-15(9-7-14)13-39-22-21(16-10-17(29)12-33-11-16)34-24(25-37-38-27(40)41-25)35-23(22)36-26(39)28(2,32)20-18(30)4-3-5-19(20)31/h3-5,10-12,14-15H,6-9,13H2,1-2H3,(H,38,40)/t14-,15-,28?. The van der Waals surface area contributed by atoms with Gasteiger partial charge in [0.25, 0.3) is 5.89 Å². The molecule has 0 bridgehead atoms. The minimum atomic E-state index is -2.69. The molecule has 212 valence electrons. The van der Waals surface area contributed by atoms with Crippen LogP contribution in [0.2, 0.25) is 5.02 Å². The molecule has 0 amide bonds. The highest BCUT2D eigenvalue weighted by molar-refractivity contribution is 6.30. The summed E-state index contributed by atoms with van der Waals surface area (Å²) in [5.74, 6) is -2.72. The number of aromatic amines is 1. The summed E-state index contributed by atoms with van der Waals surface area (Å²) < 4.78 is 53.5. The van der Waals surface area contributed by atoms with Gasteiger partial charge in [0.2, 0.25) is 5.82 Å². The Morgan fingerprint density at radius 1 is 1.12 bits per heavy atom. The molecule has 4 aromatic heterocycles. The third kappa shape index (κ3) is 5.01. The predicted octanol–water partition coefficient (Wildman–Crippen LogP) is 6.22. The van der Waals surface area contributed by atoms with Crippen LogP contribution >= 0.6 is 11.6 Å². The minimum absolute atomic E-state index is 0.0235. The average Bonchev–Trinajstić information content (AvgIpc) is 3.53. The highest BCUT2D eigenvalue weighted by atomic mass is 35.5. The van der Waals surface area contributed by atoms with Gasteiger partial charge in [-0.25, -0.2) is 38.0 Å². The zero-order valence-corrected chi connectivity index (χ0v) is 22.9. The maximum atomic E-state index is 16.9. The Hall–Kier alpha value is -4.06. The lowest BCUT2D eigenvalue weighted by Gasteiger charge is -2.29. The van der Waals surface area contributed by atoms with E-state index < -0.39 is 28.6 Å². The molecule has 41 heavy (non-hydrogen) atoms. The molecule has 1 aromatic carbocycles. The van der Waals surface area contributed by atoms with Crippen LogP contribution in [0.15, 0.2) is 45.9 Å². The second-order valence-corrected chi connectivity index (χ2v) is 11.1. The number of fused-ring (bicyclic) bond motifs is 1. The highest BCUT2D eigenvalue weighted by Gasteiger charge is 2.41. The van der Waals surface area contributed by atoms with Crippen LogP contribution < -0.4 is 5.76 Å². The number of aromatic nitrogens is 7. The van der Waals surface area contributed by atoms with Crippen LogP contribution in [0.25, 0.3) is 34.1 Å². The van der Waals surface area contributed by atoms with E-state index in [2.05, 4.69) is 37.1 Å². The van der Waals surface area contributed by atoms with Gasteiger partial charge in [-0.1, -0.05) is 37.4 Å². The fourth-order valence-electron chi connectivity index (χ4n) is 5.56. The first-order valence-corrected chi connectivity index (χ1v) is 13.6. The Kier molecular flexibility index (Phi) is 6.88. The number of hydrogen-bond donors (Lipinski definition) is 1. The summed E-state index contributed by atoms with van der Waals surface area (Å²) in [5.41, 5.74) is -2.39. The molecule has 0 aliphatic heterocycles. The number of H-pyrrole nitrogens is 1. The van der Waals surface area contributed by atoms with Gasteiger partial charge in [0.05, 0.1) is 10.6 Å². The summed E-state index contributed by atoms with van der Waals surface area (Å²) in [6, 6.07) is 4.81. The number of benzene rings is 1. The van der Waals surface area contributed by atoms with Gasteiger partial charge >= 0.3 is 5.76 Å². The lowest BCUT2D eigenvalue weighted by molar-refractivity contribution is 0.202. The van der Waals surface area contributed by atoms with E-state index in [1.165, 1.54) is 18.5 Å². The lowest BCUT2D eigenvalue weighted by atomic mass is 9.83. The van der Waals surface area contributed by atoms with E-state index in [-0.39, 0.29) is 34.8 Å². The van der Waals surface area contributed by atoms with Gasteiger partial charge in [-0.15, -0.1) is 5.10 Å². The van der Waals surface area contributed by atoms with Crippen molar-refractivity contribution in [3.8, 4) is 23.0 Å². The second-order valence-electron chi connectivity index (χ2n) is 10.6. The summed E-state index contributed by atoms with van der Waals surface area (Å²) in [6.45, 7) is 3.59. The Balaban J connectivity index is 1.65. The molecule has 0 spiro atoms. The van der Waals surface area contributed by atoms with Crippen molar-refractivity contribution >= 4 is 22.8 Å². The third-order valence-electron chi connectivity index (χ3n) is 7.64. The van der Waals surface area contributed by atoms with Crippen molar-refractivity contribution in [3.05, 3.63) is 75.3 Å². The summed E-state index contributed by atoms with van der Waals surface area (Å²) in [4.78, 5) is 29.4. The molecule has 1 atom stereocenters. The van der Waals surface area contributed by atoms with E-state index in [9.17, 15) is 13.6 Å². The van der Waals surface area contributed by atoms with E-state index >= 15 is 4.39 Å². The monoisotopic (exact) mass is 583 g/mol. The fraction of sp³-hybridized carbons (Fsp3) is 0.357.